The average molecular weight is 274 g/mol. The molecule has 1 unspecified atom stereocenters. The Balaban J connectivity index is 1.72. The van der Waals surface area contributed by atoms with Gasteiger partial charge in [0.25, 0.3) is 0 Å². The van der Waals surface area contributed by atoms with E-state index in [-0.39, 0.29) is 5.54 Å². The second kappa shape index (κ2) is 5.65. The smallest absolute Gasteiger partial charge is 0.124 e. The molecule has 0 aromatic heterocycles. The fourth-order valence-corrected chi connectivity index (χ4v) is 3.63. The lowest BCUT2D eigenvalue weighted by Crippen LogP contribution is -2.45. The molecule has 1 aromatic rings. The highest BCUT2D eigenvalue weighted by Gasteiger charge is 2.36. The lowest BCUT2D eigenvalue weighted by atomic mass is 9.99. The highest BCUT2D eigenvalue weighted by atomic mass is 16.5. The molecule has 2 heterocycles. The maximum Gasteiger partial charge on any atom is 0.124 e. The maximum atomic E-state index is 6.24. The molecule has 2 aliphatic heterocycles. The van der Waals surface area contributed by atoms with E-state index >= 15 is 0 Å². The van der Waals surface area contributed by atoms with Crippen molar-refractivity contribution in [2.75, 3.05) is 31.6 Å². The van der Waals surface area contributed by atoms with Crippen LogP contribution >= 0.6 is 0 Å². The molecule has 110 valence electrons. The normalized spacial score (nSPS) is 26.1. The number of fused-ring (bicyclic) bond motifs is 1. The van der Waals surface area contributed by atoms with Crippen LogP contribution in [0.3, 0.4) is 0 Å². The summed E-state index contributed by atoms with van der Waals surface area (Å²) in [6.07, 6.45) is 4.87. The predicted molar refractivity (Wildman–Crippen MR) is 83.6 cm³/mol. The minimum atomic E-state index is 0.208. The van der Waals surface area contributed by atoms with Crippen molar-refractivity contribution in [3.63, 3.8) is 0 Å². The van der Waals surface area contributed by atoms with E-state index in [1.807, 2.05) is 0 Å². The van der Waals surface area contributed by atoms with E-state index in [1.165, 1.54) is 37.1 Å². The van der Waals surface area contributed by atoms with Crippen molar-refractivity contribution >= 4 is 5.69 Å². The molecular formula is C17H26N2O. The Kier molecular flexibility index (Phi) is 3.88. The largest absolute Gasteiger partial charge is 0.491 e. The van der Waals surface area contributed by atoms with Gasteiger partial charge >= 0.3 is 0 Å². The summed E-state index contributed by atoms with van der Waals surface area (Å²) in [6, 6.07) is 6.39. The summed E-state index contributed by atoms with van der Waals surface area (Å²) in [5, 5.41) is 3.47. The topological polar surface area (TPSA) is 24.5 Å². The van der Waals surface area contributed by atoms with Gasteiger partial charge in [0, 0.05) is 17.8 Å². The van der Waals surface area contributed by atoms with E-state index in [2.05, 4.69) is 42.3 Å². The minimum absolute atomic E-state index is 0.208. The first-order valence-electron chi connectivity index (χ1n) is 7.96. The number of nitrogens with zero attached hydrogens (tertiary/aromatic N) is 1. The van der Waals surface area contributed by atoms with E-state index in [0.29, 0.717) is 0 Å². The van der Waals surface area contributed by atoms with E-state index in [4.69, 9.17) is 4.74 Å². The average Bonchev–Trinajstić information content (AvgIpc) is 2.86. The zero-order valence-electron chi connectivity index (χ0n) is 12.7. The third-order valence-corrected chi connectivity index (χ3v) is 4.88. The number of hydrogen-bond donors (Lipinski definition) is 1. The van der Waals surface area contributed by atoms with Crippen molar-refractivity contribution in [2.24, 2.45) is 0 Å². The van der Waals surface area contributed by atoms with Gasteiger partial charge in [0.15, 0.2) is 0 Å². The van der Waals surface area contributed by atoms with Gasteiger partial charge in [-0.15, -0.1) is 0 Å². The third-order valence-electron chi connectivity index (χ3n) is 4.88. The summed E-state index contributed by atoms with van der Waals surface area (Å²) in [6.45, 7) is 8.81. The molecule has 3 heteroatoms. The molecule has 0 saturated carbocycles. The minimum Gasteiger partial charge on any atom is -0.491 e. The molecule has 0 amide bonds. The zero-order chi connectivity index (χ0) is 14.0. The number of likely N-dealkylation sites (N-methyl/N-ethyl adjacent to an activating group) is 1. The summed E-state index contributed by atoms with van der Waals surface area (Å²) >= 11 is 0. The molecule has 3 rings (SSSR count). The van der Waals surface area contributed by atoms with E-state index in [9.17, 15) is 0 Å². The molecule has 1 atom stereocenters. The van der Waals surface area contributed by atoms with Gasteiger partial charge in [-0.2, -0.15) is 0 Å². The molecule has 0 radical (unpaired) electrons. The predicted octanol–water partition coefficient (Wildman–Crippen LogP) is 3.30. The maximum absolute atomic E-state index is 6.24. The standard InChI is InChI=1S/C17H26N2O/c1-3-19-12-6-10-17(19,2)13-20-16-9-4-8-15-14(16)7-5-11-18-15/h4,8-9,18H,3,5-7,10-13H2,1-2H3. The molecule has 0 bridgehead atoms. The Morgan fingerprint density at radius 1 is 1.35 bits per heavy atom. The number of rotatable bonds is 4. The molecule has 0 aliphatic carbocycles. The number of benzene rings is 1. The van der Waals surface area contributed by atoms with E-state index < -0.39 is 0 Å². The zero-order valence-corrected chi connectivity index (χ0v) is 12.7. The second-order valence-corrected chi connectivity index (χ2v) is 6.28. The number of likely N-dealkylation sites (tertiary alicyclic amines) is 1. The lowest BCUT2D eigenvalue weighted by molar-refractivity contribution is 0.0953. The van der Waals surface area contributed by atoms with Crippen molar-refractivity contribution in [1.82, 2.24) is 4.90 Å². The van der Waals surface area contributed by atoms with Crippen LogP contribution in [0.15, 0.2) is 18.2 Å². The Morgan fingerprint density at radius 2 is 2.25 bits per heavy atom. The Bertz CT molecular complexity index is 474. The molecule has 1 aromatic carbocycles. The first-order valence-corrected chi connectivity index (χ1v) is 7.96. The summed E-state index contributed by atoms with van der Waals surface area (Å²) in [7, 11) is 0. The summed E-state index contributed by atoms with van der Waals surface area (Å²) in [5.41, 5.74) is 2.83. The monoisotopic (exact) mass is 274 g/mol. The van der Waals surface area contributed by atoms with Gasteiger partial charge in [0.2, 0.25) is 0 Å². The van der Waals surface area contributed by atoms with Crippen LogP contribution in [-0.2, 0) is 6.42 Å². The summed E-state index contributed by atoms with van der Waals surface area (Å²) < 4.78 is 6.24. The second-order valence-electron chi connectivity index (χ2n) is 6.28. The first-order chi connectivity index (χ1) is 9.73. The van der Waals surface area contributed by atoms with Gasteiger partial charge in [-0.1, -0.05) is 13.0 Å². The molecule has 1 saturated heterocycles. The van der Waals surface area contributed by atoms with Crippen molar-refractivity contribution in [3.8, 4) is 5.75 Å². The SMILES string of the molecule is CCN1CCCC1(C)COc1cccc2c1CCCN2. The summed E-state index contributed by atoms with van der Waals surface area (Å²) in [5.74, 6) is 1.08. The molecule has 1 fully saturated rings. The molecular weight excluding hydrogens is 248 g/mol. The van der Waals surface area contributed by atoms with Crippen LogP contribution in [0.25, 0.3) is 0 Å². The van der Waals surface area contributed by atoms with Crippen LogP contribution in [0.4, 0.5) is 5.69 Å². The van der Waals surface area contributed by atoms with E-state index in [0.717, 1.165) is 31.9 Å². The van der Waals surface area contributed by atoms with Crippen molar-refractivity contribution < 1.29 is 4.74 Å². The molecule has 1 N–H and O–H groups in total. The molecule has 2 aliphatic rings. The van der Waals surface area contributed by atoms with Gasteiger partial charge in [-0.05, 0) is 57.8 Å². The molecule has 0 spiro atoms. The van der Waals surface area contributed by atoms with Crippen LogP contribution < -0.4 is 10.1 Å². The number of hydrogen-bond acceptors (Lipinski definition) is 3. The number of ether oxygens (including phenoxy) is 1. The van der Waals surface area contributed by atoms with Gasteiger partial charge in [-0.25, -0.2) is 0 Å². The van der Waals surface area contributed by atoms with Gasteiger partial charge in [-0.3, -0.25) is 4.90 Å². The van der Waals surface area contributed by atoms with Gasteiger partial charge < -0.3 is 10.1 Å². The highest BCUT2D eigenvalue weighted by molar-refractivity contribution is 5.59. The highest BCUT2D eigenvalue weighted by Crippen LogP contribution is 2.33. The van der Waals surface area contributed by atoms with Crippen LogP contribution in [0.5, 0.6) is 5.75 Å². The molecule has 20 heavy (non-hydrogen) atoms. The number of nitrogens with one attached hydrogen (secondary N) is 1. The Morgan fingerprint density at radius 3 is 3.10 bits per heavy atom. The quantitative estimate of drug-likeness (QED) is 0.911. The fourth-order valence-electron chi connectivity index (χ4n) is 3.63. The summed E-state index contributed by atoms with van der Waals surface area (Å²) in [4.78, 5) is 2.56. The Hall–Kier alpha value is -1.22. The van der Waals surface area contributed by atoms with Crippen molar-refractivity contribution in [1.29, 1.82) is 0 Å². The lowest BCUT2D eigenvalue weighted by Gasteiger charge is -2.34. The third kappa shape index (κ3) is 2.51. The fraction of sp³-hybridized carbons (Fsp3) is 0.647. The van der Waals surface area contributed by atoms with Crippen LogP contribution in [0.2, 0.25) is 0 Å². The number of anilines is 1. The molecule has 3 nitrogen and oxygen atoms in total. The van der Waals surface area contributed by atoms with Crippen molar-refractivity contribution in [3.05, 3.63) is 23.8 Å². The van der Waals surface area contributed by atoms with Crippen molar-refractivity contribution in [2.45, 2.75) is 45.1 Å². The van der Waals surface area contributed by atoms with Gasteiger partial charge in [0.1, 0.15) is 12.4 Å². The van der Waals surface area contributed by atoms with Gasteiger partial charge in [0.05, 0.1) is 5.54 Å². The Labute approximate surface area is 122 Å². The van der Waals surface area contributed by atoms with Crippen LogP contribution in [0.1, 0.15) is 38.7 Å². The van der Waals surface area contributed by atoms with Crippen LogP contribution in [0, 0.1) is 0 Å². The van der Waals surface area contributed by atoms with Crippen LogP contribution in [-0.4, -0.2) is 36.7 Å². The first kappa shape index (κ1) is 13.7. The van der Waals surface area contributed by atoms with E-state index in [1.54, 1.807) is 0 Å².